The Labute approximate surface area is 132 Å². The maximum atomic E-state index is 12.5. The number of rotatable bonds is 8. The highest BCUT2D eigenvalue weighted by molar-refractivity contribution is 7.89. The topological polar surface area (TPSA) is 75.7 Å². The number of benzene rings is 1. The Balaban J connectivity index is 3.11. The van der Waals surface area contributed by atoms with E-state index in [0.29, 0.717) is 31.8 Å². The third-order valence-electron chi connectivity index (χ3n) is 3.39. The third-order valence-corrected chi connectivity index (χ3v) is 5.43. The molecule has 0 unspecified atom stereocenters. The van der Waals surface area contributed by atoms with E-state index in [4.69, 9.17) is 4.74 Å². The van der Waals surface area contributed by atoms with Gasteiger partial charge in [0.1, 0.15) is 0 Å². The molecule has 0 aliphatic carbocycles. The van der Waals surface area contributed by atoms with Crippen molar-refractivity contribution >= 4 is 15.9 Å². The van der Waals surface area contributed by atoms with Crippen LogP contribution in [0.5, 0.6) is 0 Å². The molecule has 0 bridgehead atoms. The molecule has 0 fully saturated rings. The zero-order chi connectivity index (χ0) is 16.8. The highest BCUT2D eigenvalue weighted by Crippen LogP contribution is 2.19. The summed E-state index contributed by atoms with van der Waals surface area (Å²) < 4.78 is 31.3. The van der Waals surface area contributed by atoms with E-state index in [-0.39, 0.29) is 10.8 Å². The number of nitrogens with zero attached hydrogens (tertiary/aromatic N) is 1. The lowest BCUT2D eigenvalue weighted by Crippen LogP contribution is -2.31. The van der Waals surface area contributed by atoms with Crippen molar-refractivity contribution in [3.63, 3.8) is 0 Å². The van der Waals surface area contributed by atoms with Crippen molar-refractivity contribution in [3.05, 3.63) is 29.3 Å². The molecule has 1 aromatic carbocycles. The summed E-state index contributed by atoms with van der Waals surface area (Å²) in [7, 11) is -2.02. The molecule has 22 heavy (non-hydrogen) atoms. The number of sulfonamides is 1. The number of hydrogen-bond acceptors (Lipinski definition) is 4. The minimum atomic E-state index is -3.57. The maximum absolute atomic E-state index is 12.5. The lowest BCUT2D eigenvalue weighted by atomic mass is 10.1. The normalized spacial score (nSPS) is 11.7. The third kappa shape index (κ3) is 4.28. The Morgan fingerprint density at radius 1 is 1.27 bits per heavy atom. The molecule has 1 rings (SSSR count). The Bertz CT molecular complexity index is 610. The molecule has 0 atom stereocenters. The van der Waals surface area contributed by atoms with Gasteiger partial charge >= 0.3 is 0 Å². The summed E-state index contributed by atoms with van der Waals surface area (Å²) in [6.07, 6.45) is 0. The van der Waals surface area contributed by atoms with E-state index < -0.39 is 10.0 Å². The van der Waals surface area contributed by atoms with Gasteiger partial charge in [-0.25, -0.2) is 8.42 Å². The van der Waals surface area contributed by atoms with Gasteiger partial charge in [0, 0.05) is 32.3 Å². The Hall–Kier alpha value is -1.44. The van der Waals surface area contributed by atoms with Crippen LogP contribution in [-0.4, -0.2) is 52.0 Å². The summed E-state index contributed by atoms with van der Waals surface area (Å²) in [5, 5.41) is 2.70. The van der Waals surface area contributed by atoms with Crippen LogP contribution in [-0.2, 0) is 14.8 Å². The van der Waals surface area contributed by atoms with Gasteiger partial charge in [0.05, 0.1) is 11.5 Å². The van der Waals surface area contributed by atoms with Gasteiger partial charge in [-0.05, 0) is 24.6 Å². The summed E-state index contributed by atoms with van der Waals surface area (Å²) in [5.74, 6) is -0.300. The molecular weight excluding hydrogens is 304 g/mol. The van der Waals surface area contributed by atoms with E-state index in [1.54, 1.807) is 33.9 Å². The van der Waals surface area contributed by atoms with Crippen LogP contribution >= 0.6 is 0 Å². The van der Waals surface area contributed by atoms with Gasteiger partial charge in [-0.2, -0.15) is 4.31 Å². The number of amides is 1. The number of hydrogen-bond donors (Lipinski definition) is 1. The smallest absolute Gasteiger partial charge is 0.251 e. The fourth-order valence-electron chi connectivity index (χ4n) is 2.08. The summed E-state index contributed by atoms with van der Waals surface area (Å²) in [6.45, 7) is 6.91. The average Bonchev–Trinajstić information content (AvgIpc) is 2.48. The number of aryl methyl sites for hydroxylation is 1. The standard InChI is InChI=1S/C15H24N2O4S/c1-5-17(6-2)22(19,20)13-8-7-12(3)14(11-13)15(18)16-9-10-21-4/h7-8,11H,5-6,9-10H2,1-4H3,(H,16,18). The molecule has 1 amide bonds. The van der Waals surface area contributed by atoms with E-state index in [1.807, 2.05) is 0 Å². The van der Waals surface area contributed by atoms with Crippen LogP contribution in [0, 0.1) is 6.92 Å². The van der Waals surface area contributed by atoms with Crippen molar-refractivity contribution < 1.29 is 17.9 Å². The molecular formula is C15H24N2O4S. The highest BCUT2D eigenvalue weighted by Gasteiger charge is 2.23. The fourth-order valence-corrected chi connectivity index (χ4v) is 3.57. The molecule has 7 heteroatoms. The van der Waals surface area contributed by atoms with Crippen molar-refractivity contribution in [2.75, 3.05) is 33.4 Å². The molecule has 0 spiro atoms. The van der Waals surface area contributed by atoms with Crippen LogP contribution in [0.4, 0.5) is 0 Å². The van der Waals surface area contributed by atoms with Crippen molar-refractivity contribution in [1.82, 2.24) is 9.62 Å². The molecule has 0 aromatic heterocycles. The first kappa shape index (κ1) is 18.6. The highest BCUT2D eigenvalue weighted by atomic mass is 32.2. The summed E-state index contributed by atoms with van der Waals surface area (Å²) in [5.41, 5.74) is 1.10. The lowest BCUT2D eigenvalue weighted by molar-refractivity contribution is 0.0936. The van der Waals surface area contributed by atoms with Crippen LogP contribution in [0.1, 0.15) is 29.8 Å². The van der Waals surface area contributed by atoms with Crippen molar-refractivity contribution in [2.45, 2.75) is 25.7 Å². The fraction of sp³-hybridized carbons (Fsp3) is 0.533. The molecule has 0 saturated heterocycles. The summed E-state index contributed by atoms with van der Waals surface area (Å²) >= 11 is 0. The van der Waals surface area contributed by atoms with Gasteiger partial charge in [-0.1, -0.05) is 19.9 Å². The van der Waals surface area contributed by atoms with Crippen LogP contribution < -0.4 is 5.32 Å². The number of ether oxygens (including phenoxy) is 1. The zero-order valence-corrected chi connectivity index (χ0v) is 14.4. The van der Waals surface area contributed by atoms with Crippen LogP contribution in [0.3, 0.4) is 0 Å². The van der Waals surface area contributed by atoms with Gasteiger partial charge in [-0.3, -0.25) is 4.79 Å². The molecule has 124 valence electrons. The lowest BCUT2D eigenvalue weighted by Gasteiger charge is -2.19. The first-order valence-corrected chi connectivity index (χ1v) is 8.70. The predicted octanol–water partition coefficient (Wildman–Crippen LogP) is 1.40. The van der Waals surface area contributed by atoms with Crippen LogP contribution in [0.25, 0.3) is 0 Å². The van der Waals surface area contributed by atoms with Gasteiger partial charge in [0.25, 0.3) is 5.91 Å². The SMILES string of the molecule is CCN(CC)S(=O)(=O)c1ccc(C)c(C(=O)NCCOC)c1. The Morgan fingerprint density at radius 2 is 1.91 bits per heavy atom. The summed E-state index contributed by atoms with van der Waals surface area (Å²) in [4.78, 5) is 12.3. The quantitative estimate of drug-likeness (QED) is 0.732. The van der Waals surface area contributed by atoms with Crippen molar-refractivity contribution in [1.29, 1.82) is 0 Å². The van der Waals surface area contributed by atoms with E-state index in [9.17, 15) is 13.2 Å². The van der Waals surface area contributed by atoms with Crippen molar-refractivity contribution in [3.8, 4) is 0 Å². The molecule has 0 radical (unpaired) electrons. The summed E-state index contributed by atoms with van der Waals surface area (Å²) in [6, 6.07) is 4.63. The monoisotopic (exact) mass is 328 g/mol. The maximum Gasteiger partial charge on any atom is 0.251 e. The van der Waals surface area contributed by atoms with Gasteiger partial charge in [0.15, 0.2) is 0 Å². The van der Waals surface area contributed by atoms with Crippen LogP contribution in [0.15, 0.2) is 23.1 Å². The molecule has 6 nitrogen and oxygen atoms in total. The zero-order valence-electron chi connectivity index (χ0n) is 13.5. The minimum absolute atomic E-state index is 0.138. The van der Waals surface area contributed by atoms with E-state index in [0.717, 1.165) is 5.56 Å². The van der Waals surface area contributed by atoms with Gasteiger partial charge < -0.3 is 10.1 Å². The first-order valence-electron chi connectivity index (χ1n) is 7.26. The molecule has 1 aromatic rings. The Morgan fingerprint density at radius 3 is 2.45 bits per heavy atom. The number of carbonyl (C=O) groups excluding carboxylic acids is 1. The molecule has 0 aliphatic rings. The number of carbonyl (C=O) groups is 1. The first-order chi connectivity index (χ1) is 10.4. The van der Waals surface area contributed by atoms with Crippen LogP contribution in [0.2, 0.25) is 0 Å². The van der Waals surface area contributed by atoms with Gasteiger partial charge in [0.2, 0.25) is 10.0 Å². The molecule has 0 aliphatic heterocycles. The average molecular weight is 328 g/mol. The Kier molecular flexibility index (Phi) is 6.99. The number of nitrogens with one attached hydrogen (secondary N) is 1. The van der Waals surface area contributed by atoms with Crippen molar-refractivity contribution in [2.24, 2.45) is 0 Å². The molecule has 0 saturated carbocycles. The largest absolute Gasteiger partial charge is 0.383 e. The van der Waals surface area contributed by atoms with E-state index in [2.05, 4.69) is 5.32 Å². The second-order valence-electron chi connectivity index (χ2n) is 4.81. The second kappa shape index (κ2) is 8.26. The predicted molar refractivity (Wildman–Crippen MR) is 85.5 cm³/mol. The van der Waals surface area contributed by atoms with E-state index >= 15 is 0 Å². The second-order valence-corrected chi connectivity index (χ2v) is 6.75. The minimum Gasteiger partial charge on any atom is -0.383 e. The van der Waals surface area contributed by atoms with Gasteiger partial charge in [-0.15, -0.1) is 0 Å². The van der Waals surface area contributed by atoms with E-state index in [1.165, 1.54) is 16.4 Å². The molecule has 0 heterocycles. The molecule has 1 N–H and O–H groups in total. The number of methoxy groups -OCH3 is 1.